The van der Waals surface area contributed by atoms with Gasteiger partial charge >= 0.3 is 0 Å². The number of carbonyl (C=O) groups is 3. The Kier molecular flexibility index (Phi) is 4.26. The molecule has 9 heteroatoms. The van der Waals surface area contributed by atoms with Gasteiger partial charge in [-0.3, -0.25) is 14.4 Å². The van der Waals surface area contributed by atoms with E-state index in [0.29, 0.717) is 32.0 Å². The minimum atomic E-state index is -0.732. The number of imidazole rings is 1. The van der Waals surface area contributed by atoms with Gasteiger partial charge in [0.25, 0.3) is 0 Å². The summed E-state index contributed by atoms with van der Waals surface area (Å²) < 4.78 is 6.10. The fourth-order valence-corrected chi connectivity index (χ4v) is 4.36. The summed E-state index contributed by atoms with van der Waals surface area (Å²) >= 11 is 0. The van der Waals surface area contributed by atoms with Crippen LogP contribution in [0.15, 0.2) is 24.5 Å². The van der Waals surface area contributed by atoms with Crippen LogP contribution in [0, 0.1) is 11.8 Å². The van der Waals surface area contributed by atoms with E-state index in [1.807, 2.05) is 12.2 Å². The SMILES string of the molecule is CC(=O)NCCN1C[C@]23C=C[C@H](O2)C(C(=O)N(C)Cc2ncc[nH]2)C3C1=O. The summed E-state index contributed by atoms with van der Waals surface area (Å²) in [6.07, 6.45) is 6.79. The summed E-state index contributed by atoms with van der Waals surface area (Å²) in [7, 11) is 1.71. The van der Waals surface area contributed by atoms with Gasteiger partial charge in [0.2, 0.25) is 17.7 Å². The number of ether oxygens (including phenoxy) is 1. The molecule has 3 aliphatic rings. The monoisotopic (exact) mass is 373 g/mol. The minimum Gasteiger partial charge on any atom is -0.360 e. The lowest BCUT2D eigenvalue weighted by Crippen LogP contribution is -2.45. The molecule has 0 saturated carbocycles. The first kappa shape index (κ1) is 17.7. The van der Waals surface area contributed by atoms with Crippen LogP contribution in [0.4, 0.5) is 0 Å². The van der Waals surface area contributed by atoms with E-state index in [2.05, 4.69) is 15.3 Å². The lowest BCUT2D eigenvalue weighted by atomic mass is 9.76. The Bertz CT molecular complexity index is 792. The Labute approximate surface area is 156 Å². The molecule has 0 radical (unpaired) electrons. The molecular weight excluding hydrogens is 350 g/mol. The summed E-state index contributed by atoms with van der Waals surface area (Å²) in [5, 5.41) is 2.70. The fraction of sp³-hybridized carbons (Fsp3) is 0.556. The van der Waals surface area contributed by atoms with Crippen molar-refractivity contribution in [1.82, 2.24) is 25.1 Å². The number of hydrogen-bond donors (Lipinski definition) is 2. The van der Waals surface area contributed by atoms with Gasteiger partial charge in [0.1, 0.15) is 11.4 Å². The first-order valence-electron chi connectivity index (χ1n) is 9.05. The van der Waals surface area contributed by atoms with Crippen LogP contribution in [0.2, 0.25) is 0 Å². The van der Waals surface area contributed by atoms with Crippen molar-refractivity contribution >= 4 is 17.7 Å². The number of aromatic nitrogens is 2. The molecular formula is C18H23N5O4. The zero-order chi connectivity index (χ0) is 19.2. The lowest BCUT2D eigenvalue weighted by Gasteiger charge is -2.27. The topological polar surface area (TPSA) is 108 Å². The Morgan fingerprint density at radius 2 is 2.33 bits per heavy atom. The highest BCUT2D eigenvalue weighted by atomic mass is 16.5. The van der Waals surface area contributed by atoms with Crippen LogP contribution in [-0.2, 0) is 25.7 Å². The number of nitrogens with zero attached hydrogens (tertiary/aromatic N) is 3. The Morgan fingerprint density at radius 1 is 1.52 bits per heavy atom. The van der Waals surface area contributed by atoms with Crippen LogP contribution in [0.25, 0.3) is 0 Å². The molecule has 0 aliphatic carbocycles. The molecule has 4 rings (SSSR count). The fourth-order valence-electron chi connectivity index (χ4n) is 4.36. The number of H-pyrrole nitrogens is 1. The molecule has 2 fully saturated rings. The third kappa shape index (κ3) is 2.91. The van der Waals surface area contributed by atoms with Gasteiger partial charge < -0.3 is 24.8 Å². The first-order valence-corrected chi connectivity index (χ1v) is 9.05. The zero-order valence-electron chi connectivity index (χ0n) is 15.3. The van der Waals surface area contributed by atoms with E-state index < -0.39 is 17.4 Å². The molecule has 144 valence electrons. The lowest BCUT2D eigenvalue weighted by molar-refractivity contribution is -0.142. The molecule has 4 heterocycles. The van der Waals surface area contributed by atoms with Gasteiger partial charge in [-0.15, -0.1) is 0 Å². The standard InChI is InChI=1S/C18H23N5O4/c1-11(24)19-7-8-23-10-18-4-3-12(27-18)14(15(18)17(23)26)16(25)22(2)9-13-20-5-6-21-13/h3-6,12,14-15H,7-10H2,1-2H3,(H,19,24)(H,20,21)/t12-,14?,15?,18-/m0/s1. The van der Waals surface area contributed by atoms with E-state index in [1.165, 1.54) is 6.92 Å². The van der Waals surface area contributed by atoms with Crippen LogP contribution in [0.3, 0.4) is 0 Å². The molecule has 2 saturated heterocycles. The maximum absolute atomic E-state index is 13.1. The van der Waals surface area contributed by atoms with E-state index in [9.17, 15) is 14.4 Å². The van der Waals surface area contributed by atoms with Crippen molar-refractivity contribution in [2.24, 2.45) is 11.8 Å². The number of hydrogen-bond acceptors (Lipinski definition) is 5. The molecule has 3 aliphatic heterocycles. The zero-order valence-corrected chi connectivity index (χ0v) is 15.3. The number of aromatic amines is 1. The Hall–Kier alpha value is -2.68. The van der Waals surface area contributed by atoms with Crippen LogP contribution < -0.4 is 5.32 Å². The van der Waals surface area contributed by atoms with Gasteiger partial charge in [-0.05, 0) is 0 Å². The normalized spacial score (nSPS) is 30.7. The van der Waals surface area contributed by atoms with Crippen molar-refractivity contribution in [3.8, 4) is 0 Å². The summed E-state index contributed by atoms with van der Waals surface area (Å²) in [4.78, 5) is 47.6. The van der Waals surface area contributed by atoms with Crippen LogP contribution >= 0.6 is 0 Å². The average molecular weight is 373 g/mol. The maximum Gasteiger partial charge on any atom is 0.230 e. The van der Waals surface area contributed by atoms with Crippen molar-refractivity contribution in [2.45, 2.75) is 25.2 Å². The largest absolute Gasteiger partial charge is 0.360 e. The molecule has 2 unspecified atom stereocenters. The van der Waals surface area contributed by atoms with Crippen LogP contribution in [0.1, 0.15) is 12.7 Å². The number of nitrogens with one attached hydrogen (secondary N) is 2. The molecule has 1 aromatic heterocycles. The molecule has 1 aromatic rings. The Morgan fingerprint density at radius 3 is 3.04 bits per heavy atom. The smallest absolute Gasteiger partial charge is 0.230 e. The summed E-state index contributed by atoms with van der Waals surface area (Å²) in [5.41, 5.74) is -0.732. The number of amides is 3. The average Bonchev–Trinajstić information content (AvgIpc) is 3.37. The van der Waals surface area contributed by atoms with E-state index in [4.69, 9.17) is 4.74 Å². The van der Waals surface area contributed by atoms with Crippen LogP contribution in [0.5, 0.6) is 0 Å². The van der Waals surface area contributed by atoms with E-state index in [1.54, 1.807) is 29.2 Å². The molecule has 2 bridgehead atoms. The van der Waals surface area contributed by atoms with E-state index in [0.717, 1.165) is 0 Å². The molecule has 3 amide bonds. The second-order valence-electron chi connectivity index (χ2n) is 7.37. The molecule has 0 aromatic carbocycles. The molecule has 4 atom stereocenters. The predicted octanol–water partition coefficient (Wildman–Crippen LogP) is -0.714. The van der Waals surface area contributed by atoms with Gasteiger partial charge in [0.15, 0.2) is 0 Å². The van der Waals surface area contributed by atoms with Gasteiger partial charge in [0.05, 0.1) is 31.0 Å². The predicted molar refractivity (Wildman–Crippen MR) is 94.0 cm³/mol. The highest BCUT2D eigenvalue weighted by Crippen LogP contribution is 2.52. The van der Waals surface area contributed by atoms with E-state index in [-0.39, 0.29) is 23.8 Å². The minimum absolute atomic E-state index is 0.0862. The highest BCUT2D eigenvalue weighted by molar-refractivity contribution is 5.93. The quantitative estimate of drug-likeness (QED) is 0.641. The summed E-state index contributed by atoms with van der Waals surface area (Å²) in [5.74, 6) is -0.703. The van der Waals surface area contributed by atoms with Crippen molar-refractivity contribution in [1.29, 1.82) is 0 Å². The van der Waals surface area contributed by atoms with Crippen molar-refractivity contribution in [2.75, 3.05) is 26.7 Å². The maximum atomic E-state index is 13.1. The number of fused-ring (bicyclic) bond motifs is 1. The molecule has 2 N–H and O–H groups in total. The summed E-state index contributed by atoms with van der Waals surface area (Å²) in [6, 6.07) is 0. The summed E-state index contributed by atoms with van der Waals surface area (Å²) in [6.45, 7) is 2.99. The Balaban J connectivity index is 1.48. The highest BCUT2D eigenvalue weighted by Gasteiger charge is 2.66. The van der Waals surface area contributed by atoms with Crippen molar-refractivity contribution < 1.29 is 19.1 Å². The number of likely N-dealkylation sites (tertiary alicyclic amines) is 1. The number of rotatable bonds is 6. The number of carbonyl (C=O) groups excluding carboxylic acids is 3. The first-order chi connectivity index (χ1) is 12.9. The van der Waals surface area contributed by atoms with Gasteiger partial charge in [-0.25, -0.2) is 4.98 Å². The molecule has 1 spiro atoms. The van der Waals surface area contributed by atoms with Crippen molar-refractivity contribution in [3.63, 3.8) is 0 Å². The second-order valence-corrected chi connectivity index (χ2v) is 7.37. The molecule has 27 heavy (non-hydrogen) atoms. The second kappa shape index (κ2) is 6.49. The van der Waals surface area contributed by atoms with E-state index >= 15 is 0 Å². The third-order valence-electron chi connectivity index (χ3n) is 5.54. The van der Waals surface area contributed by atoms with Crippen LogP contribution in [-0.4, -0.2) is 75.9 Å². The van der Waals surface area contributed by atoms with Gasteiger partial charge in [-0.2, -0.15) is 0 Å². The van der Waals surface area contributed by atoms with Gasteiger partial charge in [-0.1, -0.05) is 12.2 Å². The molecule has 9 nitrogen and oxygen atoms in total. The van der Waals surface area contributed by atoms with Crippen molar-refractivity contribution in [3.05, 3.63) is 30.4 Å². The van der Waals surface area contributed by atoms with Gasteiger partial charge in [0, 0.05) is 39.5 Å². The third-order valence-corrected chi connectivity index (χ3v) is 5.54.